The van der Waals surface area contributed by atoms with Gasteiger partial charge in [0.15, 0.2) is 11.6 Å². The summed E-state index contributed by atoms with van der Waals surface area (Å²) in [5.41, 5.74) is 4.03. The van der Waals surface area contributed by atoms with E-state index >= 15 is 0 Å². The predicted molar refractivity (Wildman–Crippen MR) is 504 cm³/mol. The molecule has 125 heavy (non-hydrogen) atoms. The number of hydrogen-bond acceptors (Lipinski definition) is 10. The highest BCUT2D eigenvalue weighted by Gasteiger charge is 2.69. The first-order valence-electron chi connectivity index (χ1n) is 55.2. The van der Waals surface area contributed by atoms with Gasteiger partial charge in [0, 0.05) is 36.5 Å². The Morgan fingerprint density at radius 3 is 0.744 bits per heavy atom. The van der Waals surface area contributed by atoms with Crippen LogP contribution in [0.1, 0.15) is 439 Å². The molecule has 20 aliphatic rings. The van der Waals surface area contributed by atoms with Crippen LogP contribution < -0.4 is 0 Å². The molecule has 20 rings (SSSR count). The van der Waals surface area contributed by atoms with E-state index in [1.54, 1.807) is 0 Å². The van der Waals surface area contributed by atoms with Gasteiger partial charge >= 0.3 is 5.97 Å². The largest absolute Gasteiger partial charge is 0.458 e. The van der Waals surface area contributed by atoms with Crippen molar-refractivity contribution < 1.29 is 48.8 Å². The molecule has 0 aromatic rings. The fraction of sp³-hybridized carbons (Fsp3) is 0.948. The highest BCUT2D eigenvalue weighted by molar-refractivity contribution is 5.85. The van der Waals surface area contributed by atoms with Crippen LogP contribution in [-0.2, 0) is 33.5 Å². The number of rotatable bonds is 13. The Balaban J connectivity index is 0.000000115. The number of Topliss-reactive ketones (excluding diaryl/α,β-unsaturated/α-hetero) is 5. The second-order valence-corrected chi connectivity index (χ2v) is 51.8. The third kappa shape index (κ3) is 16.0. The lowest BCUT2D eigenvalue weighted by Crippen LogP contribution is -2.55. The number of esters is 1. The van der Waals surface area contributed by atoms with Gasteiger partial charge in [0.1, 0.15) is 30.6 Å². The zero-order chi connectivity index (χ0) is 89.3. The third-order valence-electron chi connectivity index (χ3n) is 48.7. The summed E-state index contributed by atoms with van der Waals surface area (Å²) in [6.45, 7) is 38.5. The lowest BCUT2D eigenvalue weighted by molar-refractivity contribution is -0.151. The average molecular weight is 1730 g/mol. The number of ether oxygens (including phenoxy) is 1. The van der Waals surface area contributed by atoms with Crippen LogP contribution in [0.3, 0.4) is 0 Å². The summed E-state index contributed by atoms with van der Waals surface area (Å²) >= 11 is 0. The molecule has 0 amide bonds. The molecule has 708 valence electrons. The number of fused-ring (bicyclic) bond motifs is 25. The van der Waals surface area contributed by atoms with Crippen LogP contribution in [0, 0.1) is 220 Å². The van der Waals surface area contributed by atoms with Gasteiger partial charge in [-0.3, -0.25) is 28.8 Å². The van der Waals surface area contributed by atoms with E-state index in [2.05, 4.69) is 90.0 Å². The van der Waals surface area contributed by atoms with Gasteiger partial charge in [-0.05, 0) is 513 Å². The molecule has 0 spiro atoms. The molecule has 0 unspecified atom stereocenters. The average Bonchev–Trinajstić information content (AvgIpc) is 1.67. The van der Waals surface area contributed by atoms with Gasteiger partial charge in [-0.15, -0.1) is 0 Å². The minimum absolute atomic E-state index is 0.0186. The van der Waals surface area contributed by atoms with Crippen LogP contribution in [0.4, 0.5) is 0 Å². The van der Waals surface area contributed by atoms with E-state index in [-0.39, 0.29) is 71.0 Å². The first-order valence-corrected chi connectivity index (χ1v) is 55.2. The molecule has 0 radical (unpaired) electrons. The topological polar surface area (TPSA) is 172 Å². The van der Waals surface area contributed by atoms with Crippen molar-refractivity contribution >= 4 is 34.9 Å². The molecule has 0 aromatic heterocycles. The van der Waals surface area contributed by atoms with Crippen molar-refractivity contribution in [3.05, 3.63) is 0 Å². The van der Waals surface area contributed by atoms with E-state index in [9.17, 15) is 44.1 Å². The molecule has 10 heteroatoms. The summed E-state index contributed by atoms with van der Waals surface area (Å²) in [5.74, 6) is 22.4. The van der Waals surface area contributed by atoms with Crippen molar-refractivity contribution in [3.8, 4) is 0 Å². The summed E-state index contributed by atoms with van der Waals surface area (Å²) in [4.78, 5) is 73.1. The van der Waals surface area contributed by atoms with Crippen molar-refractivity contribution in [1.29, 1.82) is 0 Å². The molecule has 40 atom stereocenters. The number of ketones is 5. The Labute approximate surface area is 763 Å². The van der Waals surface area contributed by atoms with Gasteiger partial charge in [0.2, 0.25) is 0 Å². The SMILES string of the molecule is CC[C@]12CC[C@@H](C)C[C@@H]1CC[C@H]1[C@@H]3CC[C@H](C(=O)COC(C)=O)[C@@]3(C)CC[C@@H]12.CC[C@]12CC[C@@H](C)C[C@@H]1CC[C@H]1[C@@H]3CC[C@H](C(C)=O)[C@@]3(C)CC[C@@H]12.CC[C@]12CC[C@@H](C)C[C@@H]1CC[C@H]1[C@@H]3CC[C@H](C(C)=O)[C@@]3(C)CC[C@@H]12.CC[C@]12CC[C@@H](O)C[C@@H]1CC[C@H]1[C@@H]3CC[C@H](C(=O)CO)[C@@]3(C)CC[C@@H]12.CC[C@]12CC[C@@H](O)C[C@@H]1CC[C@H]1[C@@H]3CC[C@H](C(C)=O)[C@@]3(C)CC[C@@H]12. The summed E-state index contributed by atoms with van der Waals surface area (Å²) in [6, 6.07) is 0. The van der Waals surface area contributed by atoms with Gasteiger partial charge in [-0.1, -0.05) is 109 Å². The lowest BCUT2D eigenvalue weighted by atomic mass is 9.43. The number of aliphatic hydroxyl groups excluding tert-OH is 3. The van der Waals surface area contributed by atoms with E-state index in [1.165, 1.54) is 277 Å². The van der Waals surface area contributed by atoms with E-state index in [0.717, 1.165) is 170 Å². The summed E-state index contributed by atoms with van der Waals surface area (Å²) in [7, 11) is 0. The minimum Gasteiger partial charge on any atom is -0.458 e. The normalized spacial score (nSPS) is 52.1. The maximum atomic E-state index is 12.9. The lowest BCUT2D eigenvalue weighted by Gasteiger charge is -2.62. The van der Waals surface area contributed by atoms with E-state index in [0.29, 0.717) is 90.8 Å². The van der Waals surface area contributed by atoms with Gasteiger partial charge in [0.05, 0.1) is 12.2 Å². The molecule has 0 aromatic carbocycles. The van der Waals surface area contributed by atoms with Crippen molar-refractivity contribution in [2.75, 3.05) is 13.2 Å². The number of carbonyl (C=O) groups excluding carboxylic acids is 6. The Morgan fingerprint density at radius 2 is 0.504 bits per heavy atom. The Morgan fingerprint density at radius 1 is 0.272 bits per heavy atom. The van der Waals surface area contributed by atoms with Gasteiger partial charge in [-0.25, -0.2) is 0 Å². The molecule has 0 aliphatic heterocycles. The van der Waals surface area contributed by atoms with E-state index in [1.807, 2.05) is 20.8 Å². The van der Waals surface area contributed by atoms with Crippen LogP contribution in [0.15, 0.2) is 0 Å². The molecule has 0 bridgehead atoms. The highest BCUT2D eigenvalue weighted by atomic mass is 16.5. The van der Waals surface area contributed by atoms with Crippen molar-refractivity contribution in [2.45, 2.75) is 451 Å². The number of carbonyl (C=O) groups is 6. The second-order valence-electron chi connectivity index (χ2n) is 51.8. The molecule has 20 fully saturated rings. The molecule has 20 saturated carbocycles. The Bertz CT molecular complexity index is 3580. The molecule has 20 aliphatic carbocycles. The minimum atomic E-state index is -0.341. The summed E-state index contributed by atoms with van der Waals surface area (Å²) < 4.78 is 5.07. The van der Waals surface area contributed by atoms with Crippen LogP contribution in [0.25, 0.3) is 0 Å². The first kappa shape index (κ1) is 95.8. The molecular formula is C115H188O10. The zero-order valence-corrected chi connectivity index (χ0v) is 83.3. The highest BCUT2D eigenvalue weighted by Crippen LogP contribution is 2.76. The maximum Gasteiger partial charge on any atom is 0.303 e. The van der Waals surface area contributed by atoms with Crippen LogP contribution in [-0.4, -0.2) is 75.6 Å². The zero-order valence-electron chi connectivity index (χ0n) is 83.3. The van der Waals surface area contributed by atoms with Crippen LogP contribution >= 0.6 is 0 Å². The Hall–Kier alpha value is -2.30. The standard InChI is InChI=1S/C25H40O3.2C23H38O.C22H36O3.C22H36O2/c1-5-25-13-10-16(2)14-18(25)6-7-19-20-8-9-22(23(27)15-28-17(3)26)24(20,4)12-11-21(19)25;2*1-5-23-13-10-15(2)14-17(23)6-7-18-20-9-8-19(16(3)24)22(20,4)12-11-21(18)23;1-3-22-11-8-15(24)12-14(22)4-5-16-17-6-7-19(20(25)13-23)21(17,2)10-9-18(16)22;1-4-22-12-9-16(24)13-15(22)5-6-17-19-8-7-18(14(2)23)21(19,3)11-10-20(17)22/h16,18-22H,5-15H2,1-4H3;2*15,17-21H,5-14H2,1-4H3;14-19,23-24H,3-13H2,1-2H3;15-20,24H,4-13H2,1-3H3/t16-,18+,19+,20+,21+,22-,24+,25+;2*15-,17+,18+,19-,20+,21+,22-,23+;14-,15+,16-,17-,18-,19+,21-,22-;15-,16+,17-,18+,19-,20-,21+,22-/m11100/s1. The van der Waals surface area contributed by atoms with Gasteiger partial charge < -0.3 is 20.1 Å². The second kappa shape index (κ2) is 37.1. The Kier molecular flexibility index (Phi) is 28.4. The predicted octanol–water partition coefficient (Wildman–Crippen LogP) is 27.3. The van der Waals surface area contributed by atoms with E-state index in [4.69, 9.17) is 4.74 Å². The fourth-order valence-electron chi connectivity index (χ4n) is 42.9. The number of aliphatic hydroxyl groups is 3. The molecule has 10 nitrogen and oxygen atoms in total. The van der Waals surface area contributed by atoms with Gasteiger partial charge in [-0.2, -0.15) is 0 Å². The van der Waals surface area contributed by atoms with Gasteiger partial charge in [0.25, 0.3) is 0 Å². The van der Waals surface area contributed by atoms with Crippen molar-refractivity contribution in [3.63, 3.8) is 0 Å². The summed E-state index contributed by atoms with van der Waals surface area (Å²) in [5, 5.41) is 29.8. The summed E-state index contributed by atoms with van der Waals surface area (Å²) in [6.07, 6.45) is 65.1. The monoisotopic (exact) mass is 1730 g/mol. The third-order valence-corrected chi connectivity index (χ3v) is 48.7. The van der Waals surface area contributed by atoms with Crippen LogP contribution in [0.5, 0.6) is 0 Å². The first-order chi connectivity index (χ1) is 59.5. The molecule has 3 N–H and O–H groups in total. The molecule has 0 heterocycles. The number of hydrogen-bond donors (Lipinski definition) is 3. The van der Waals surface area contributed by atoms with Crippen molar-refractivity contribution in [2.24, 2.45) is 220 Å². The molecular weight excluding hydrogens is 1540 g/mol. The quantitative estimate of drug-likeness (QED) is 0.151. The van der Waals surface area contributed by atoms with E-state index < -0.39 is 0 Å². The maximum absolute atomic E-state index is 12.9. The fourth-order valence-corrected chi connectivity index (χ4v) is 42.9. The molecule has 0 saturated heterocycles. The van der Waals surface area contributed by atoms with Crippen LogP contribution in [0.2, 0.25) is 0 Å². The smallest absolute Gasteiger partial charge is 0.303 e. The van der Waals surface area contributed by atoms with Crippen molar-refractivity contribution in [1.82, 2.24) is 0 Å².